The molecule has 0 aromatic heterocycles. The van der Waals surface area contributed by atoms with Gasteiger partial charge in [0, 0.05) is 0 Å². The zero-order chi connectivity index (χ0) is 10.6. The average Bonchev–Trinajstić information content (AvgIpc) is 2.17. The zero-order valence-electron chi connectivity index (χ0n) is 9.05. The molecule has 3 nitrogen and oxygen atoms in total. The number of nitrogens with one attached hydrogen (secondary N) is 1. The lowest BCUT2D eigenvalue weighted by Crippen LogP contribution is -2.25. The van der Waals surface area contributed by atoms with Crippen LogP contribution < -0.4 is 5.23 Å². The van der Waals surface area contributed by atoms with Gasteiger partial charge in [-0.2, -0.15) is 9.12 Å². The molecule has 0 saturated heterocycles. The highest BCUT2D eigenvalue weighted by atomic mass is 31.0. The largest absolute Gasteiger partial charge is 0.450 e. The van der Waals surface area contributed by atoms with Gasteiger partial charge in [-0.15, -0.1) is 0 Å². The SMILES string of the molecule is CCCCCCCCOC(=O)NBP. The molecule has 0 aliphatic carbocycles. The Morgan fingerprint density at radius 2 is 1.93 bits per heavy atom. The van der Waals surface area contributed by atoms with E-state index in [0.29, 0.717) is 13.7 Å². The van der Waals surface area contributed by atoms with E-state index in [-0.39, 0.29) is 6.09 Å². The first-order chi connectivity index (χ1) is 6.81. The number of carbonyl (C=O) groups excluding carboxylic acids is 1. The van der Waals surface area contributed by atoms with Crippen LogP contribution in [0.1, 0.15) is 45.4 Å². The summed E-state index contributed by atoms with van der Waals surface area (Å²) in [6.07, 6.45) is 6.97. The number of unbranched alkanes of at least 4 members (excludes halogenated alkanes) is 5. The fraction of sp³-hybridized carbons (Fsp3) is 0.889. The van der Waals surface area contributed by atoms with Gasteiger partial charge >= 0.3 is 6.09 Å². The highest BCUT2D eigenvalue weighted by Gasteiger charge is 1.98. The van der Waals surface area contributed by atoms with Gasteiger partial charge in [-0.3, -0.25) is 0 Å². The summed E-state index contributed by atoms with van der Waals surface area (Å²) in [5, 5.41) is 2.56. The van der Waals surface area contributed by atoms with Gasteiger partial charge in [0.25, 0.3) is 7.13 Å². The summed E-state index contributed by atoms with van der Waals surface area (Å²) in [4.78, 5) is 10.8. The minimum atomic E-state index is -0.312. The van der Waals surface area contributed by atoms with Crippen LogP contribution >= 0.6 is 9.12 Å². The third-order valence-corrected chi connectivity index (χ3v) is 2.18. The molecule has 1 unspecified atom stereocenters. The maximum absolute atomic E-state index is 10.8. The lowest BCUT2D eigenvalue weighted by molar-refractivity contribution is 0.150. The van der Waals surface area contributed by atoms with Crippen molar-refractivity contribution in [3.8, 4) is 0 Å². The Kier molecular flexibility index (Phi) is 10.7. The van der Waals surface area contributed by atoms with Gasteiger partial charge in [0.05, 0.1) is 6.61 Å². The van der Waals surface area contributed by atoms with E-state index in [1.807, 2.05) is 0 Å². The summed E-state index contributed by atoms with van der Waals surface area (Å²) in [6.45, 7) is 2.75. The Hall–Kier alpha value is -0.235. The van der Waals surface area contributed by atoms with Crippen LogP contribution in [-0.2, 0) is 4.74 Å². The minimum absolute atomic E-state index is 0.312. The van der Waals surface area contributed by atoms with E-state index in [1.165, 1.54) is 25.7 Å². The lowest BCUT2D eigenvalue weighted by atomic mass is 10.1. The fourth-order valence-electron chi connectivity index (χ4n) is 1.18. The van der Waals surface area contributed by atoms with Crippen molar-refractivity contribution < 1.29 is 9.53 Å². The number of carbonyl (C=O) groups is 1. The second-order valence-corrected chi connectivity index (χ2v) is 3.69. The Bertz CT molecular complexity index is 147. The van der Waals surface area contributed by atoms with Crippen molar-refractivity contribution in [2.75, 3.05) is 6.61 Å². The van der Waals surface area contributed by atoms with Gasteiger partial charge in [0.2, 0.25) is 0 Å². The van der Waals surface area contributed by atoms with Gasteiger partial charge in [-0.1, -0.05) is 39.0 Å². The van der Waals surface area contributed by atoms with Crippen LogP contribution in [0.15, 0.2) is 0 Å². The van der Waals surface area contributed by atoms with E-state index in [4.69, 9.17) is 4.74 Å². The Morgan fingerprint density at radius 1 is 1.29 bits per heavy atom. The second-order valence-electron chi connectivity index (χ2n) is 3.28. The lowest BCUT2D eigenvalue weighted by Gasteiger charge is -2.04. The fourth-order valence-corrected chi connectivity index (χ4v) is 1.35. The van der Waals surface area contributed by atoms with Crippen molar-refractivity contribution in [2.24, 2.45) is 0 Å². The van der Waals surface area contributed by atoms with Crippen molar-refractivity contribution in [1.29, 1.82) is 0 Å². The van der Waals surface area contributed by atoms with Gasteiger partial charge in [0.15, 0.2) is 0 Å². The first-order valence-corrected chi connectivity index (χ1v) is 6.23. The molecule has 0 aromatic carbocycles. The summed E-state index contributed by atoms with van der Waals surface area (Å²) in [5.41, 5.74) is 0. The van der Waals surface area contributed by atoms with Gasteiger partial charge in [-0.25, -0.2) is 4.79 Å². The highest BCUT2D eigenvalue weighted by molar-refractivity contribution is 7.55. The molecule has 1 atom stereocenters. The molecule has 5 heteroatoms. The van der Waals surface area contributed by atoms with Crippen molar-refractivity contribution in [3.63, 3.8) is 0 Å². The van der Waals surface area contributed by atoms with E-state index >= 15 is 0 Å². The molecule has 1 amide bonds. The standard InChI is InChI=1S/C9H21BNO2P/c1-2-3-4-5-6-7-8-13-9(12)11-10-14/h10H,2-8,14H2,1H3,(H,11,12). The number of hydrogen-bond donors (Lipinski definition) is 1. The second kappa shape index (κ2) is 10.8. The molecule has 0 bridgehead atoms. The summed E-state index contributed by atoms with van der Waals surface area (Å²) in [7, 11) is 2.97. The van der Waals surface area contributed by atoms with Crippen molar-refractivity contribution >= 4 is 22.3 Å². The zero-order valence-corrected chi connectivity index (χ0v) is 10.2. The Balaban J connectivity index is 3.01. The molecule has 14 heavy (non-hydrogen) atoms. The van der Waals surface area contributed by atoms with Crippen molar-refractivity contribution in [3.05, 3.63) is 0 Å². The molecule has 0 aliphatic heterocycles. The highest BCUT2D eigenvalue weighted by Crippen LogP contribution is 2.04. The molecule has 0 heterocycles. The van der Waals surface area contributed by atoms with E-state index in [2.05, 4.69) is 21.3 Å². The maximum atomic E-state index is 10.8. The summed E-state index contributed by atoms with van der Waals surface area (Å²) in [6, 6.07) is 0. The van der Waals surface area contributed by atoms with Crippen molar-refractivity contribution in [2.45, 2.75) is 45.4 Å². The van der Waals surface area contributed by atoms with E-state index in [1.54, 1.807) is 0 Å². The molecule has 0 rings (SSSR count). The van der Waals surface area contributed by atoms with Crippen molar-refractivity contribution in [1.82, 2.24) is 5.23 Å². The molecule has 82 valence electrons. The summed E-state index contributed by atoms with van der Waals surface area (Å²) in [5.74, 6) is 0. The maximum Gasteiger partial charge on any atom is 0.394 e. The van der Waals surface area contributed by atoms with Gasteiger partial charge in [-0.05, 0) is 6.42 Å². The molecule has 0 fully saturated rings. The molecular weight excluding hydrogens is 196 g/mol. The first kappa shape index (κ1) is 13.8. The Morgan fingerprint density at radius 3 is 2.57 bits per heavy atom. The molecule has 0 saturated carbocycles. The molecule has 0 aromatic rings. The van der Waals surface area contributed by atoms with Crippen LogP contribution in [0.2, 0.25) is 0 Å². The van der Waals surface area contributed by atoms with Crippen LogP contribution in [0.5, 0.6) is 0 Å². The molecule has 0 aliphatic rings. The molecule has 0 radical (unpaired) electrons. The molecule has 0 spiro atoms. The van der Waals surface area contributed by atoms with Crippen LogP contribution in [-0.4, -0.2) is 19.8 Å². The Labute approximate surface area is 89.8 Å². The van der Waals surface area contributed by atoms with Gasteiger partial charge < -0.3 is 9.96 Å². The first-order valence-electron chi connectivity index (χ1n) is 5.42. The van der Waals surface area contributed by atoms with E-state index in [9.17, 15) is 4.79 Å². The molecular formula is C9H21BNO2P. The van der Waals surface area contributed by atoms with Crippen LogP contribution in [0.25, 0.3) is 0 Å². The van der Waals surface area contributed by atoms with Crippen LogP contribution in [0, 0.1) is 0 Å². The van der Waals surface area contributed by atoms with Gasteiger partial charge in [0.1, 0.15) is 0 Å². The summed E-state index contributed by atoms with van der Waals surface area (Å²) < 4.78 is 4.93. The quantitative estimate of drug-likeness (QED) is 0.384. The number of hydrogen-bond acceptors (Lipinski definition) is 2. The summed E-state index contributed by atoms with van der Waals surface area (Å²) >= 11 is 0. The van der Waals surface area contributed by atoms with E-state index < -0.39 is 0 Å². The normalized spacial score (nSPS) is 9.57. The predicted octanol–water partition coefficient (Wildman–Crippen LogP) is 2.21. The molecule has 1 N–H and O–H groups in total. The third kappa shape index (κ3) is 9.85. The topological polar surface area (TPSA) is 38.3 Å². The smallest absolute Gasteiger partial charge is 0.394 e. The van der Waals surface area contributed by atoms with Crippen LogP contribution in [0.3, 0.4) is 0 Å². The average molecular weight is 217 g/mol. The minimum Gasteiger partial charge on any atom is -0.450 e. The van der Waals surface area contributed by atoms with E-state index in [0.717, 1.165) is 12.8 Å². The number of ether oxygens (including phenoxy) is 1. The predicted molar refractivity (Wildman–Crippen MR) is 64.7 cm³/mol. The third-order valence-electron chi connectivity index (χ3n) is 1.98. The number of amides is 1. The van der Waals surface area contributed by atoms with Crippen LogP contribution in [0.4, 0.5) is 4.79 Å². The number of rotatable bonds is 8. The monoisotopic (exact) mass is 217 g/mol.